The Bertz CT molecular complexity index is 621. The number of benzene rings is 1. The van der Waals surface area contributed by atoms with Crippen molar-refractivity contribution in [2.24, 2.45) is 11.7 Å². The van der Waals surface area contributed by atoms with Gasteiger partial charge in [0, 0.05) is 44.4 Å². The van der Waals surface area contributed by atoms with Crippen LogP contribution >= 0.6 is 0 Å². The van der Waals surface area contributed by atoms with Crippen molar-refractivity contribution in [1.82, 2.24) is 9.80 Å². The largest absolute Gasteiger partial charge is 0.484 e. The minimum Gasteiger partial charge on any atom is -0.484 e. The average molecular weight is 363 g/mol. The summed E-state index contributed by atoms with van der Waals surface area (Å²) in [5.41, 5.74) is 5.60. The summed E-state index contributed by atoms with van der Waals surface area (Å²) in [7, 11) is 0. The molecular weight excluding hydrogens is 334 g/mol. The van der Waals surface area contributed by atoms with Gasteiger partial charge in [-0.3, -0.25) is 14.5 Å². The van der Waals surface area contributed by atoms with E-state index < -0.39 is 5.91 Å². The van der Waals surface area contributed by atoms with Gasteiger partial charge in [-0.1, -0.05) is 19.9 Å². The first-order chi connectivity index (χ1) is 12.4. The van der Waals surface area contributed by atoms with Gasteiger partial charge < -0.3 is 20.5 Å². The van der Waals surface area contributed by atoms with E-state index in [0.29, 0.717) is 36.7 Å². The first-order valence-electron chi connectivity index (χ1n) is 9.06. The number of ether oxygens (including phenoxy) is 1. The highest BCUT2D eigenvalue weighted by molar-refractivity contribution is 5.94. The summed E-state index contributed by atoms with van der Waals surface area (Å²) < 4.78 is 5.28. The van der Waals surface area contributed by atoms with Gasteiger partial charge in [-0.05, 0) is 30.5 Å². The second-order valence-electron chi connectivity index (χ2n) is 7.09. The van der Waals surface area contributed by atoms with Crippen LogP contribution in [0.3, 0.4) is 0 Å². The summed E-state index contributed by atoms with van der Waals surface area (Å²) in [4.78, 5) is 27.9. The number of piperazine rings is 1. The Kier molecular flexibility index (Phi) is 7.41. The molecule has 1 fully saturated rings. The van der Waals surface area contributed by atoms with E-state index in [1.54, 1.807) is 24.3 Å². The molecule has 1 heterocycles. The zero-order chi connectivity index (χ0) is 19.1. The molecule has 1 atom stereocenters. The van der Waals surface area contributed by atoms with E-state index in [0.717, 1.165) is 13.1 Å². The lowest BCUT2D eigenvalue weighted by Gasteiger charge is -2.42. The fraction of sp³-hybridized carbons (Fsp3) is 0.579. The molecular formula is C19H29N3O4. The van der Waals surface area contributed by atoms with Gasteiger partial charge in [0.05, 0.1) is 0 Å². The van der Waals surface area contributed by atoms with Crippen molar-refractivity contribution >= 4 is 11.8 Å². The third kappa shape index (κ3) is 5.71. The van der Waals surface area contributed by atoms with Gasteiger partial charge in [0.2, 0.25) is 0 Å². The van der Waals surface area contributed by atoms with E-state index in [-0.39, 0.29) is 25.2 Å². The summed E-state index contributed by atoms with van der Waals surface area (Å²) in [5, 5.41) is 9.37. The third-order valence-electron chi connectivity index (χ3n) is 4.42. The molecule has 7 nitrogen and oxygen atoms in total. The van der Waals surface area contributed by atoms with Gasteiger partial charge in [-0.15, -0.1) is 0 Å². The Morgan fingerprint density at radius 1 is 1.35 bits per heavy atom. The summed E-state index contributed by atoms with van der Waals surface area (Å²) in [6.45, 7) is 7.24. The average Bonchev–Trinajstić information content (AvgIpc) is 2.61. The molecule has 1 aliphatic rings. The Balaban J connectivity index is 2.05. The normalized spacial score (nSPS) is 18.2. The van der Waals surface area contributed by atoms with Crippen LogP contribution in [0.2, 0.25) is 0 Å². The number of aliphatic hydroxyl groups excluding tert-OH is 1. The second kappa shape index (κ2) is 9.54. The number of hydrogen-bond donors (Lipinski definition) is 2. The van der Waals surface area contributed by atoms with E-state index in [1.807, 2.05) is 4.90 Å². The molecule has 7 heteroatoms. The van der Waals surface area contributed by atoms with Crippen LogP contribution in [0.1, 0.15) is 30.6 Å². The number of rotatable bonds is 8. The van der Waals surface area contributed by atoms with Gasteiger partial charge in [0.15, 0.2) is 6.61 Å². The smallest absolute Gasteiger partial charge is 0.255 e. The second-order valence-corrected chi connectivity index (χ2v) is 7.09. The summed E-state index contributed by atoms with van der Waals surface area (Å²) in [5.74, 6) is 0.356. The van der Waals surface area contributed by atoms with Crippen LogP contribution in [0.15, 0.2) is 24.3 Å². The van der Waals surface area contributed by atoms with E-state index in [9.17, 15) is 14.7 Å². The molecule has 1 aromatic carbocycles. The SMILES string of the molecule is CC(C)CN1CCN(C(=O)c2cccc(OCC(N)=O)c2)CC1CCO. The maximum atomic E-state index is 12.9. The van der Waals surface area contributed by atoms with Crippen molar-refractivity contribution in [3.8, 4) is 5.75 Å². The molecule has 1 unspecified atom stereocenters. The molecule has 0 aromatic heterocycles. The fourth-order valence-corrected chi connectivity index (χ4v) is 3.27. The highest BCUT2D eigenvalue weighted by Gasteiger charge is 2.30. The minimum atomic E-state index is -0.560. The molecule has 3 N–H and O–H groups in total. The highest BCUT2D eigenvalue weighted by atomic mass is 16.5. The van der Waals surface area contributed by atoms with Crippen molar-refractivity contribution < 1.29 is 19.4 Å². The summed E-state index contributed by atoms with van der Waals surface area (Å²) in [6.07, 6.45) is 0.651. The molecule has 0 radical (unpaired) electrons. The molecule has 1 aromatic rings. The monoisotopic (exact) mass is 363 g/mol. The zero-order valence-corrected chi connectivity index (χ0v) is 15.6. The lowest BCUT2D eigenvalue weighted by atomic mass is 10.0. The Hall–Kier alpha value is -2.12. The molecule has 144 valence electrons. The third-order valence-corrected chi connectivity index (χ3v) is 4.42. The summed E-state index contributed by atoms with van der Waals surface area (Å²) in [6, 6.07) is 6.95. The Morgan fingerprint density at radius 2 is 2.12 bits per heavy atom. The molecule has 0 bridgehead atoms. The zero-order valence-electron chi connectivity index (χ0n) is 15.6. The van der Waals surface area contributed by atoms with Crippen LogP contribution < -0.4 is 10.5 Å². The maximum absolute atomic E-state index is 12.9. The highest BCUT2D eigenvalue weighted by Crippen LogP contribution is 2.19. The molecule has 1 saturated heterocycles. The van der Waals surface area contributed by atoms with Gasteiger partial charge in [-0.25, -0.2) is 0 Å². The van der Waals surface area contributed by atoms with Crippen LogP contribution in [0.4, 0.5) is 0 Å². The number of nitrogens with zero attached hydrogens (tertiary/aromatic N) is 2. The van der Waals surface area contributed by atoms with Crippen LogP contribution in [0.5, 0.6) is 5.75 Å². The van der Waals surface area contributed by atoms with Crippen LogP contribution in [-0.2, 0) is 4.79 Å². The van der Waals surface area contributed by atoms with Gasteiger partial charge in [0.25, 0.3) is 11.8 Å². The van der Waals surface area contributed by atoms with E-state index in [2.05, 4.69) is 18.7 Å². The lowest BCUT2D eigenvalue weighted by molar-refractivity contribution is -0.119. The molecule has 1 aliphatic heterocycles. The molecule has 2 rings (SSSR count). The predicted octanol–water partition coefficient (Wildman–Crippen LogP) is 0.716. The van der Waals surface area contributed by atoms with Crippen LogP contribution in [0, 0.1) is 5.92 Å². The topological polar surface area (TPSA) is 96.1 Å². The molecule has 0 spiro atoms. The lowest BCUT2D eigenvalue weighted by Crippen LogP contribution is -2.55. The van der Waals surface area contributed by atoms with Crippen LogP contribution in [-0.4, -0.2) is 72.2 Å². The van der Waals surface area contributed by atoms with Gasteiger partial charge >= 0.3 is 0 Å². The van der Waals surface area contributed by atoms with Crippen molar-refractivity contribution in [2.45, 2.75) is 26.3 Å². The molecule has 0 aliphatic carbocycles. The van der Waals surface area contributed by atoms with Gasteiger partial charge in [-0.2, -0.15) is 0 Å². The fourth-order valence-electron chi connectivity index (χ4n) is 3.27. The maximum Gasteiger partial charge on any atom is 0.255 e. The van der Waals surface area contributed by atoms with Crippen molar-refractivity contribution in [3.05, 3.63) is 29.8 Å². The van der Waals surface area contributed by atoms with Crippen molar-refractivity contribution in [1.29, 1.82) is 0 Å². The van der Waals surface area contributed by atoms with Crippen molar-refractivity contribution in [2.75, 3.05) is 39.4 Å². The first-order valence-corrected chi connectivity index (χ1v) is 9.06. The van der Waals surface area contributed by atoms with E-state index >= 15 is 0 Å². The van der Waals surface area contributed by atoms with Gasteiger partial charge in [0.1, 0.15) is 5.75 Å². The number of nitrogens with two attached hydrogens (primary N) is 1. The molecule has 0 saturated carbocycles. The minimum absolute atomic E-state index is 0.0679. The first kappa shape index (κ1) is 20.2. The molecule has 26 heavy (non-hydrogen) atoms. The van der Waals surface area contributed by atoms with Crippen molar-refractivity contribution in [3.63, 3.8) is 0 Å². The Labute approximate surface area is 154 Å². The quantitative estimate of drug-likeness (QED) is 0.709. The van der Waals surface area contributed by atoms with E-state index in [4.69, 9.17) is 10.5 Å². The number of amides is 2. The number of aliphatic hydroxyl groups is 1. The number of hydrogen-bond acceptors (Lipinski definition) is 5. The predicted molar refractivity (Wildman–Crippen MR) is 98.9 cm³/mol. The van der Waals surface area contributed by atoms with Crippen LogP contribution in [0.25, 0.3) is 0 Å². The number of carbonyl (C=O) groups is 2. The Morgan fingerprint density at radius 3 is 2.77 bits per heavy atom. The number of carbonyl (C=O) groups excluding carboxylic acids is 2. The van der Waals surface area contributed by atoms with E-state index in [1.165, 1.54) is 0 Å². The molecule has 2 amide bonds. The summed E-state index contributed by atoms with van der Waals surface area (Å²) >= 11 is 0. The number of primary amides is 1. The standard InChI is InChI=1S/C19H29N3O4/c1-14(2)11-21-7-8-22(12-16(21)6-9-23)19(25)15-4-3-5-17(10-15)26-13-18(20)24/h3-5,10,14,16,23H,6-9,11-13H2,1-2H3,(H2,20,24).